The third-order valence-corrected chi connectivity index (χ3v) is 7.24. The van der Waals surface area contributed by atoms with Gasteiger partial charge in [-0.15, -0.1) is 0 Å². The van der Waals surface area contributed by atoms with Crippen LogP contribution >= 0.6 is 0 Å². The van der Waals surface area contributed by atoms with Crippen LogP contribution in [0.1, 0.15) is 29.8 Å². The van der Waals surface area contributed by atoms with Crippen LogP contribution in [0.4, 0.5) is 10.5 Å². The maximum atomic E-state index is 13.9. The molecule has 1 heterocycles. The average molecular weight is 532 g/mol. The lowest BCUT2D eigenvalue weighted by Gasteiger charge is -2.35. The number of benzene rings is 3. The van der Waals surface area contributed by atoms with Gasteiger partial charge in [-0.1, -0.05) is 61.5 Å². The third kappa shape index (κ3) is 6.41. The summed E-state index contributed by atoms with van der Waals surface area (Å²) in [7, 11) is 3.28. The molecule has 8 heteroatoms. The zero-order chi connectivity index (χ0) is 27.9. The van der Waals surface area contributed by atoms with E-state index in [1.807, 2.05) is 74.5 Å². The van der Waals surface area contributed by atoms with Crippen LogP contribution in [0.5, 0.6) is 5.75 Å². The predicted molar refractivity (Wildman–Crippen MR) is 152 cm³/mol. The van der Waals surface area contributed by atoms with Crippen LogP contribution in [0.3, 0.4) is 0 Å². The predicted octanol–water partition coefficient (Wildman–Crippen LogP) is 4.88. The van der Waals surface area contributed by atoms with Gasteiger partial charge >= 0.3 is 6.03 Å². The fourth-order valence-corrected chi connectivity index (χ4v) is 4.86. The van der Waals surface area contributed by atoms with E-state index in [2.05, 4.69) is 5.32 Å². The molecule has 1 aliphatic rings. The second-order valence-corrected chi connectivity index (χ2v) is 10.0. The van der Waals surface area contributed by atoms with Crippen molar-refractivity contribution in [1.82, 2.24) is 9.80 Å². The summed E-state index contributed by atoms with van der Waals surface area (Å²) in [5.41, 5.74) is 3.88. The van der Waals surface area contributed by atoms with Crippen molar-refractivity contribution in [2.75, 3.05) is 39.2 Å². The van der Waals surface area contributed by atoms with Gasteiger partial charge in [0.1, 0.15) is 5.75 Å². The molecule has 2 N–H and O–H groups in total. The molecule has 0 fully saturated rings. The molecule has 39 heavy (non-hydrogen) atoms. The van der Waals surface area contributed by atoms with E-state index < -0.39 is 6.04 Å². The molecule has 3 aromatic rings. The van der Waals surface area contributed by atoms with Crippen LogP contribution in [0, 0.1) is 5.92 Å². The summed E-state index contributed by atoms with van der Waals surface area (Å²) < 4.78 is 11.9. The number of anilines is 1. The Morgan fingerprint density at radius 3 is 2.44 bits per heavy atom. The van der Waals surface area contributed by atoms with Crippen LogP contribution in [0.15, 0.2) is 72.8 Å². The maximum absolute atomic E-state index is 13.9. The van der Waals surface area contributed by atoms with E-state index in [1.165, 1.54) is 0 Å². The number of rotatable bonds is 6. The molecule has 0 radical (unpaired) electrons. The number of aliphatic hydroxyl groups excluding tert-OH is 1. The van der Waals surface area contributed by atoms with E-state index in [1.54, 1.807) is 36.1 Å². The van der Waals surface area contributed by atoms with Gasteiger partial charge in [0.15, 0.2) is 0 Å². The molecule has 3 amide bonds. The number of nitrogens with one attached hydrogen (secondary N) is 1. The van der Waals surface area contributed by atoms with Crippen LogP contribution in [0.25, 0.3) is 11.1 Å². The van der Waals surface area contributed by atoms with Gasteiger partial charge in [0.25, 0.3) is 5.91 Å². The number of aliphatic hydroxyl groups is 1. The highest BCUT2D eigenvalue weighted by molar-refractivity contribution is 6.01. The molecule has 1 aliphatic heterocycles. The molecule has 8 nitrogen and oxygen atoms in total. The molecule has 0 unspecified atom stereocenters. The minimum absolute atomic E-state index is 0.137. The number of nitrogens with zero attached hydrogens (tertiary/aromatic N) is 2. The van der Waals surface area contributed by atoms with Gasteiger partial charge < -0.3 is 29.7 Å². The van der Waals surface area contributed by atoms with Gasteiger partial charge in [0.05, 0.1) is 38.2 Å². The quantitative estimate of drug-likeness (QED) is 0.473. The zero-order valence-electron chi connectivity index (χ0n) is 23.0. The Bertz CT molecular complexity index is 1300. The number of hydrogen-bond donors (Lipinski definition) is 2. The van der Waals surface area contributed by atoms with Crippen LogP contribution in [-0.4, -0.2) is 72.8 Å². The molecule has 0 aromatic heterocycles. The largest absolute Gasteiger partial charge is 0.495 e. The number of urea groups is 1. The Morgan fingerprint density at radius 1 is 1.08 bits per heavy atom. The number of ether oxygens (including phenoxy) is 2. The summed E-state index contributed by atoms with van der Waals surface area (Å²) >= 11 is 0. The summed E-state index contributed by atoms with van der Waals surface area (Å²) in [6.45, 7) is 4.67. The topological polar surface area (TPSA) is 91.3 Å². The standard InChI is InChI=1S/C31H37N3O5/c1-21-17-34(22(2)19-35)30(36)26-14-8-7-13-25(26)24-12-6-5-11-23(24)20-39-29(21)18-33(3)31(37)32-27-15-9-10-16-28(27)38-4/h5-16,21-22,29,35H,17-20H2,1-4H3,(H,32,37)/t21-,22-,29+/m0/s1. The molecule has 206 valence electrons. The monoisotopic (exact) mass is 531 g/mol. The van der Waals surface area contributed by atoms with Gasteiger partial charge in [-0.05, 0) is 41.8 Å². The minimum Gasteiger partial charge on any atom is -0.495 e. The second kappa shape index (κ2) is 12.8. The number of fused-ring (bicyclic) bond motifs is 3. The normalized spacial score (nSPS) is 18.3. The van der Waals surface area contributed by atoms with Gasteiger partial charge in [0.2, 0.25) is 0 Å². The van der Waals surface area contributed by atoms with Crippen molar-refractivity contribution in [3.8, 4) is 16.9 Å². The van der Waals surface area contributed by atoms with Gasteiger partial charge in [-0.2, -0.15) is 0 Å². The fraction of sp³-hybridized carbons (Fsp3) is 0.355. The van der Waals surface area contributed by atoms with Crippen molar-refractivity contribution in [1.29, 1.82) is 0 Å². The first-order chi connectivity index (χ1) is 18.8. The molecule has 0 aliphatic carbocycles. The molecular formula is C31H37N3O5. The highest BCUT2D eigenvalue weighted by Crippen LogP contribution is 2.31. The van der Waals surface area contributed by atoms with E-state index in [-0.39, 0.29) is 30.6 Å². The van der Waals surface area contributed by atoms with Crippen LogP contribution in [-0.2, 0) is 11.3 Å². The average Bonchev–Trinajstić information content (AvgIpc) is 2.98. The Hall–Kier alpha value is -3.88. The Labute approximate surface area is 230 Å². The Morgan fingerprint density at radius 2 is 1.72 bits per heavy atom. The first kappa shape index (κ1) is 28.1. The second-order valence-electron chi connectivity index (χ2n) is 10.0. The molecule has 0 saturated heterocycles. The van der Waals surface area contributed by atoms with Crippen molar-refractivity contribution >= 4 is 17.6 Å². The first-order valence-electron chi connectivity index (χ1n) is 13.2. The number of carbonyl (C=O) groups is 2. The Kier molecular flexibility index (Phi) is 9.22. The van der Waals surface area contributed by atoms with E-state index >= 15 is 0 Å². The van der Waals surface area contributed by atoms with E-state index in [9.17, 15) is 14.7 Å². The number of methoxy groups -OCH3 is 1. The van der Waals surface area contributed by atoms with Gasteiger partial charge in [0, 0.05) is 31.6 Å². The van der Waals surface area contributed by atoms with Crippen molar-refractivity contribution in [3.63, 3.8) is 0 Å². The maximum Gasteiger partial charge on any atom is 0.321 e. The molecular weight excluding hydrogens is 494 g/mol. The van der Waals surface area contributed by atoms with Crippen molar-refractivity contribution in [2.45, 2.75) is 32.6 Å². The van der Waals surface area contributed by atoms with Crippen LogP contribution < -0.4 is 10.1 Å². The van der Waals surface area contributed by atoms with Crippen molar-refractivity contribution < 1.29 is 24.2 Å². The first-order valence-corrected chi connectivity index (χ1v) is 13.2. The van der Waals surface area contributed by atoms with Crippen molar-refractivity contribution in [3.05, 3.63) is 83.9 Å². The lowest BCUT2D eigenvalue weighted by atomic mass is 9.94. The minimum atomic E-state index is -0.392. The molecule has 3 aromatic carbocycles. The Balaban J connectivity index is 1.64. The summed E-state index contributed by atoms with van der Waals surface area (Å²) in [6, 6.07) is 22.0. The zero-order valence-corrected chi connectivity index (χ0v) is 23.0. The van der Waals surface area contributed by atoms with Crippen LogP contribution in [0.2, 0.25) is 0 Å². The highest BCUT2D eigenvalue weighted by atomic mass is 16.5. The highest BCUT2D eigenvalue weighted by Gasteiger charge is 2.31. The molecule has 3 atom stereocenters. The number of carbonyl (C=O) groups excluding carboxylic acids is 2. The number of likely N-dealkylation sites (N-methyl/N-ethyl adjacent to an activating group) is 1. The van der Waals surface area contributed by atoms with E-state index in [0.29, 0.717) is 36.7 Å². The van der Waals surface area contributed by atoms with E-state index in [0.717, 1.165) is 16.7 Å². The van der Waals surface area contributed by atoms with Gasteiger partial charge in [-0.25, -0.2) is 4.79 Å². The molecule has 0 saturated carbocycles. The summed E-state index contributed by atoms with van der Waals surface area (Å²) in [5, 5.41) is 12.9. The number of hydrogen-bond acceptors (Lipinski definition) is 5. The summed E-state index contributed by atoms with van der Waals surface area (Å²) in [5.74, 6) is 0.292. The van der Waals surface area contributed by atoms with E-state index in [4.69, 9.17) is 9.47 Å². The summed E-state index contributed by atoms with van der Waals surface area (Å²) in [4.78, 5) is 30.3. The lowest BCUT2D eigenvalue weighted by Crippen LogP contribution is -2.48. The summed E-state index contributed by atoms with van der Waals surface area (Å²) in [6.07, 6.45) is -0.381. The molecule has 4 rings (SSSR count). The number of amides is 3. The lowest BCUT2D eigenvalue weighted by molar-refractivity contribution is -0.0178. The van der Waals surface area contributed by atoms with Gasteiger partial charge in [-0.3, -0.25) is 4.79 Å². The molecule has 0 spiro atoms. The SMILES string of the molecule is COc1ccccc1NC(=O)N(C)C[C@H]1OCc2ccccc2-c2ccccc2C(=O)N([C@@H](C)CO)C[C@@H]1C. The van der Waals surface area contributed by atoms with Crippen molar-refractivity contribution in [2.24, 2.45) is 5.92 Å². The molecule has 0 bridgehead atoms. The fourth-order valence-electron chi connectivity index (χ4n) is 4.86. The number of para-hydroxylation sites is 2. The smallest absolute Gasteiger partial charge is 0.321 e. The third-order valence-electron chi connectivity index (χ3n) is 7.24.